The molecule has 0 bridgehead atoms. The predicted molar refractivity (Wildman–Crippen MR) is 93.9 cm³/mol. The zero-order valence-electron chi connectivity index (χ0n) is 13.2. The number of hydrogen-bond acceptors (Lipinski definition) is 1. The van der Waals surface area contributed by atoms with Gasteiger partial charge in [0.05, 0.1) is 0 Å². The highest BCUT2D eigenvalue weighted by Crippen LogP contribution is 2.30. The van der Waals surface area contributed by atoms with Gasteiger partial charge in [0.2, 0.25) is 0 Å². The quantitative estimate of drug-likeness (QED) is 0.835. The normalized spacial score (nSPS) is 14.3. The summed E-state index contributed by atoms with van der Waals surface area (Å²) in [6.45, 7) is 0.983. The molecular formula is C21H23N. The first-order valence-corrected chi connectivity index (χ1v) is 7.98. The van der Waals surface area contributed by atoms with Crippen molar-refractivity contribution in [2.45, 2.75) is 19.3 Å². The Hall–Kier alpha value is -2.12. The van der Waals surface area contributed by atoms with E-state index >= 15 is 0 Å². The van der Waals surface area contributed by atoms with Crippen molar-refractivity contribution in [1.29, 1.82) is 0 Å². The minimum Gasteiger partial charge on any atom is -0.316 e. The second kappa shape index (κ2) is 7.24. The summed E-state index contributed by atoms with van der Waals surface area (Å²) in [5.74, 6) is 0. The van der Waals surface area contributed by atoms with Crippen LogP contribution < -0.4 is 5.32 Å². The number of nitrogens with one attached hydrogen (secondary N) is 1. The lowest BCUT2D eigenvalue weighted by atomic mass is 9.97. The van der Waals surface area contributed by atoms with Gasteiger partial charge in [0, 0.05) is 6.54 Å². The molecule has 3 rings (SSSR count). The van der Waals surface area contributed by atoms with Crippen LogP contribution in [0.1, 0.15) is 17.5 Å². The first-order valence-electron chi connectivity index (χ1n) is 7.98. The van der Waals surface area contributed by atoms with Gasteiger partial charge in [-0.15, -0.1) is 0 Å². The van der Waals surface area contributed by atoms with Crippen LogP contribution in [0.3, 0.4) is 0 Å². The van der Waals surface area contributed by atoms with Gasteiger partial charge in [-0.05, 0) is 43.0 Å². The van der Waals surface area contributed by atoms with E-state index in [1.165, 1.54) is 22.3 Å². The Morgan fingerprint density at radius 1 is 0.818 bits per heavy atom. The second-order valence-corrected chi connectivity index (χ2v) is 5.96. The predicted octanol–water partition coefficient (Wildman–Crippen LogP) is 4.32. The van der Waals surface area contributed by atoms with Crippen LogP contribution in [0.5, 0.6) is 0 Å². The number of rotatable bonds is 6. The van der Waals surface area contributed by atoms with Crippen LogP contribution >= 0.6 is 0 Å². The van der Waals surface area contributed by atoms with E-state index in [1.54, 1.807) is 5.57 Å². The van der Waals surface area contributed by atoms with E-state index in [-0.39, 0.29) is 0 Å². The molecule has 2 aromatic rings. The van der Waals surface area contributed by atoms with Crippen molar-refractivity contribution in [3.05, 3.63) is 94.6 Å². The third-order valence-electron chi connectivity index (χ3n) is 4.17. The minimum absolute atomic E-state index is 0.983. The second-order valence-electron chi connectivity index (χ2n) is 5.96. The molecule has 22 heavy (non-hydrogen) atoms. The molecule has 0 unspecified atom stereocenters. The van der Waals surface area contributed by atoms with Crippen molar-refractivity contribution in [2.75, 3.05) is 13.6 Å². The van der Waals surface area contributed by atoms with E-state index in [0.29, 0.717) is 0 Å². The summed E-state index contributed by atoms with van der Waals surface area (Å²) >= 11 is 0. The van der Waals surface area contributed by atoms with E-state index in [4.69, 9.17) is 0 Å². The van der Waals surface area contributed by atoms with Crippen molar-refractivity contribution in [3.8, 4) is 0 Å². The lowest BCUT2D eigenvalue weighted by Gasteiger charge is -2.08. The highest BCUT2D eigenvalue weighted by molar-refractivity contribution is 5.44. The molecule has 0 heterocycles. The molecule has 1 heteroatoms. The lowest BCUT2D eigenvalue weighted by molar-refractivity contribution is 0.852. The largest absolute Gasteiger partial charge is 0.316 e. The summed E-state index contributed by atoms with van der Waals surface area (Å²) in [6, 6.07) is 21.6. The Morgan fingerprint density at radius 3 is 2.00 bits per heavy atom. The van der Waals surface area contributed by atoms with Crippen molar-refractivity contribution in [1.82, 2.24) is 5.32 Å². The summed E-state index contributed by atoms with van der Waals surface area (Å²) in [7, 11) is 2.02. The van der Waals surface area contributed by atoms with Crippen LogP contribution in [-0.2, 0) is 12.8 Å². The summed E-state index contributed by atoms with van der Waals surface area (Å²) in [5.41, 5.74) is 7.37. The van der Waals surface area contributed by atoms with E-state index in [9.17, 15) is 0 Å². The minimum atomic E-state index is 0.983. The average molecular weight is 289 g/mol. The average Bonchev–Trinajstić information content (AvgIpc) is 2.91. The van der Waals surface area contributed by atoms with Gasteiger partial charge in [-0.2, -0.15) is 0 Å². The molecule has 0 amide bonds. The van der Waals surface area contributed by atoms with Gasteiger partial charge >= 0.3 is 0 Å². The Balaban J connectivity index is 1.81. The van der Waals surface area contributed by atoms with E-state index < -0.39 is 0 Å². The lowest BCUT2D eigenvalue weighted by Crippen LogP contribution is -2.09. The Bertz CT molecular complexity index is 666. The molecule has 1 nitrogen and oxygen atoms in total. The van der Waals surface area contributed by atoms with Crippen molar-refractivity contribution in [2.24, 2.45) is 0 Å². The molecule has 1 aliphatic rings. The van der Waals surface area contributed by atoms with Crippen LogP contribution in [0.25, 0.3) is 0 Å². The molecule has 0 radical (unpaired) electrons. The molecule has 0 saturated carbocycles. The van der Waals surface area contributed by atoms with Crippen LogP contribution in [-0.4, -0.2) is 13.6 Å². The molecule has 0 spiro atoms. The molecule has 0 aromatic heterocycles. The first kappa shape index (κ1) is 14.8. The standard InChI is InChI=1S/C21H23N/c1-22-16-19-14-20(12-17-8-4-2-5-9-17)21(15-19)13-18-10-6-3-7-11-18/h2-11,14,22H,12-13,15-16H2,1H3. The van der Waals surface area contributed by atoms with Crippen molar-refractivity contribution in [3.63, 3.8) is 0 Å². The topological polar surface area (TPSA) is 12.0 Å². The molecule has 112 valence electrons. The zero-order chi connectivity index (χ0) is 15.2. The molecule has 1 aliphatic carbocycles. The highest BCUT2D eigenvalue weighted by atomic mass is 14.8. The third kappa shape index (κ3) is 3.75. The van der Waals surface area contributed by atoms with Gasteiger partial charge in [0.25, 0.3) is 0 Å². The summed E-state index contributed by atoms with van der Waals surface area (Å²) in [5, 5.41) is 3.28. The fourth-order valence-electron chi connectivity index (χ4n) is 3.14. The Labute approximate surface area is 133 Å². The fourth-order valence-corrected chi connectivity index (χ4v) is 3.14. The van der Waals surface area contributed by atoms with E-state index in [0.717, 1.165) is 25.8 Å². The Morgan fingerprint density at radius 2 is 1.41 bits per heavy atom. The highest BCUT2D eigenvalue weighted by Gasteiger charge is 2.16. The monoisotopic (exact) mass is 289 g/mol. The number of benzene rings is 2. The smallest absolute Gasteiger partial charge is 0.0168 e. The molecule has 0 saturated heterocycles. The number of likely N-dealkylation sites (N-methyl/N-ethyl adjacent to an activating group) is 1. The first-order chi connectivity index (χ1) is 10.8. The van der Waals surface area contributed by atoms with E-state index in [2.05, 4.69) is 72.1 Å². The maximum atomic E-state index is 3.28. The third-order valence-corrected chi connectivity index (χ3v) is 4.17. The number of hydrogen-bond donors (Lipinski definition) is 1. The zero-order valence-corrected chi connectivity index (χ0v) is 13.2. The molecule has 2 aromatic carbocycles. The molecule has 0 aliphatic heterocycles. The van der Waals surface area contributed by atoms with E-state index in [1.807, 2.05) is 7.05 Å². The van der Waals surface area contributed by atoms with Gasteiger partial charge in [0.1, 0.15) is 0 Å². The van der Waals surface area contributed by atoms with Crippen molar-refractivity contribution < 1.29 is 0 Å². The van der Waals surface area contributed by atoms with Crippen LogP contribution in [0.15, 0.2) is 83.5 Å². The van der Waals surface area contributed by atoms with Gasteiger partial charge in [-0.1, -0.05) is 77.9 Å². The molecule has 0 atom stereocenters. The SMILES string of the molecule is CNCC1=CC(Cc2ccccc2)=C(Cc2ccccc2)C1. The maximum absolute atomic E-state index is 3.28. The van der Waals surface area contributed by atoms with Crippen LogP contribution in [0.2, 0.25) is 0 Å². The van der Waals surface area contributed by atoms with Crippen molar-refractivity contribution >= 4 is 0 Å². The number of allylic oxidation sites excluding steroid dienone is 3. The summed E-state index contributed by atoms with van der Waals surface area (Å²) in [6.07, 6.45) is 5.61. The maximum Gasteiger partial charge on any atom is 0.0168 e. The summed E-state index contributed by atoms with van der Waals surface area (Å²) in [4.78, 5) is 0. The van der Waals surface area contributed by atoms with Gasteiger partial charge in [-0.25, -0.2) is 0 Å². The summed E-state index contributed by atoms with van der Waals surface area (Å²) < 4.78 is 0. The van der Waals surface area contributed by atoms with Gasteiger partial charge in [-0.3, -0.25) is 0 Å². The molecule has 0 fully saturated rings. The molecule has 1 N–H and O–H groups in total. The molecular weight excluding hydrogens is 266 g/mol. The fraction of sp³-hybridized carbons (Fsp3) is 0.238. The van der Waals surface area contributed by atoms with Gasteiger partial charge < -0.3 is 5.32 Å². The van der Waals surface area contributed by atoms with Gasteiger partial charge in [0.15, 0.2) is 0 Å². The van der Waals surface area contributed by atoms with Crippen LogP contribution in [0.4, 0.5) is 0 Å². The Kier molecular flexibility index (Phi) is 4.87. The van der Waals surface area contributed by atoms with Crippen LogP contribution in [0, 0.1) is 0 Å².